The molecular formula is C28H42O11. The smallest absolute Gasteiger partial charge is 0.350 e. The van der Waals surface area contributed by atoms with Gasteiger partial charge >= 0.3 is 23.9 Å². The fourth-order valence-corrected chi connectivity index (χ4v) is 5.14. The largest absolute Gasteiger partial charge is 0.459 e. The monoisotopic (exact) mass is 554 g/mol. The second kappa shape index (κ2) is 10.6. The number of fused-ring (bicyclic) bond motifs is 4. The van der Waals surface area contributed by atoms with Crippen molar-refractivity contribution < 1.29 is 52.3 Å². The fraction of sp³-hybridized carbons (Fsp3) is 0.857. The number of ether oxygens (including phenoxy) is 7. The molecule has 11 heteroatoms. The molecule has 0 aromatic carbocycles. The third kappa shape index (κ3) is 5.81. The molecule has 0 bridgehead atoms. The quantitative estimate of drug-likeness (QED) is 0.354. The van der Waals surface area contributed by atoms with Crippen molar-refractivity contribution in [1.82, 2.24) is 0 Å². The van der Waals surface area contributed by atoms with Crippen LogP contribution in [0.1, 0.15) is 87.5 Å². The van der Waals surface area contributed by atoms with E-state index in [0.717, 1.165) is 19.3 Å². The first-order chi connectivity index (χ1) is 18.1. The van der Waals surface area contributed by atoms with Crippen LogP contribution < -0.4 is 0 Å². The van der Waals surface area contributed by atoms with Crippen LogP contribution in [0.4, 0.5) is 0 Å². The first-order valence-corrected chi connectivity index (χ1v) is 13.9. The van der Waals surface area contributed by atoms with Crippen LogP contribution in [0.2, 0.25) is 0 Å². The van der Waals surface area contributed by atoms with Gasteiger partial charge in [-0.25, -0.2) is 9.59 Å². The van der Waals surface area contributed by atoms with Crippen molar-refractivity contribution in [3.63, 3.8) is 0 Å². The number of hydrogen-bond donors (Lipinski definition) is 0. The van der Waals surface area contributed by atoms with E-state index in [1.807, 2.05) is 27.7 Å². The van der Waals surface area contributed by atoms with Gasteiger partial charge in [0.1, 0.15) is 12.2 Å². The predicted molar refractivity (Wildman–Crippen MR) is 134 cm³/mol. The molecule has 5 fully saturated rings. The van der Waals surface area contributed by atoms with E-state index in [4.69, 9.17) is 33.2 Å². The van der Waals surface area contributed by atoms with E-state index in [2.05, 4.69) is 0 Å². The standard InChI is InChI=1S/C15H22O7.C13H20O4/c1-6-14(2,3)13(17)20-9-7-8(18-11(9)16)10-12(19-7)22-15(4,5)21-10;1-4-13(2,3)12(15)17-10-8-6-5-7-9(8)16-11(10)14/h7-10,12H,6H2,1-5H3;8-10H,4-7H2,1-3H3. The van der Waals surface area contributed by atoms with Crippen molar-refractivity contribution in [3.05, 3.63) is 0 Å². The third-order valence-corrected chi connectivity index (χ3v) is 8.54. The molecule has 4 heterocycles. The van der Waals surface area contributed by atoms with E-state index < -0.39 is 65.4 Å². The lowest BCUT2D eigenvalue weighted by atomic mass is 9.90. The third-order valence-electron chi connectivity index (χ3n) is 8.54. The number of carbonyl (C=O) groups excluding carboxylic acids is 4. The van der Waals surface area contributed by atoms with Gasteiger partial charge in [-0.1, -0.05) is 13.8 Å². The molecule has 39 heavy (non-hydrogen) atoms. The topological polar surface area (TPSA) is 133 Å². The van der Waals surface area contributed by atoms with E-state index in [1.54, 1.807) is 27.7 Å². The second-order valence-corrected chi connectivity index (χ2v) is 12.7. The average Bonchev–Trinajstić information content (AvgIpc) is 3.63. The van der Waals surface area contributed by atoms with Crippen molar-refractivity contribution in [3.8, 4) is 0 Å². The minimum Gasteiger partial charge on any atom is -0.459 e. The van der Waals surface area contributed by atoms with Gasteiger partial charge in [-0.2, -0.15) is 0 Å². The van der Waals surface area contributed by atoms with Gasteiger partial charge in [-0.3, -0.25) is 9.59 Å². The highest BCUT2D eigenvalue weighted by molar-refractivity contribution is 5.84. The molecule has 0 spiro atoms. The van der Waals surface area contributed by atoms with Gasteiger partial charge in [0.15, 0.2) is 24.3 Å². The Morgan fingerprint density at radius 3 is 1.97 bits per heavy atom. The summed E-state index contributed by atoms with van der Waals surface area (Å²) in [7, 11) is 0. The lowest BCUT2D eigenvalue weighted by molar-refractivity contribution is -0.217. The van der Waals surface area contributed by atoms with Gasteiger partial charge in [0.25, 0.3) is 0 Å². The highest BCUT2D eigenvalue weighted by Crippen LogP contribution is 2.43. The van der Waals surface area contributed by atoms with Crippen molar-refractivity contribution in [1.29, 1.82) is 0 Å². The van der Waals surface area contributed by atoms with Crippen molar-refractivity contribution >= 4 is 23.9 Å². The molecule has 0 aromatic heterocycles. The SMILES string of the molecule is CCC(C)(C)C(=O)OC1C(=O)OC2C3OC(C)(C)OC3OC12.CCC(C)(C)C(=O)OC1C(=O)OC2CCCC21. The van der Waals surface area contributed by atoms with Gasteiger partial charge in [0.05, 0.1) is 10.8 Å². The number of rotatable bonds is 6. The summed E-state index contributed by atoms with van der Waals surface area (Å²) in [5.41, 5.74) is -1.20. The molecule has 220 valence electrons. The Balaban J connectivity index is 0.000000187. The maximum Gasteiger partial charge on any atom is 0.350 e. The van der Waals surface area contributed by atoms with Crippen LogP contribution in [0.25, 0.3) is 0 Å². The van der Waals surface area contributed by atoms with Crippen molar-refractivity contribution in [2.24, 2.45) is 16.7 Å². The first kappa shape index (κ1) is 29.7. The van der Waals surface area contributed by atoms with Crippen LogP contribution in [0, 0.1) is 16.7 Å². The van der Waals surface area contributed by atoms with Crippen LogP contribution in [0.15, 0.2) is 0 Å². The summed E-state index contributed by atoms with van der Waals surface area (Å²) in [5, 5.41) is 0. The summed E-state index contributed by atoms with van der Waals surface area (Å²) in [5.74, 6) is -2.40. The molecule has 8 atom stereocenters. The Hall–Kier alpha value is -2.24. The molecule has 1 aliphatic carbocycles. The summed E-state index contributed by atoms with van der Waals surface area (Å²) in [4.78, 5) is 47.8. The summed E-state index contributed by atoms with van der Waals surface area (Å²) >= 11 is 0. The molecule has 4 aliphatic heterocycles. The van der Waals surface area contributed by atoms with Crippen LogP contribution in [0.5, 0.6) is 0 Å². The minimum absolute atomic E-state index is 0.0231. The molecule has 0 radical (unpaired) electrons. The van der Waals surface area contributed by atoms with Gasteiger partial charge < -0.3 is 33.2 Å². The Labute approximate surface area is 229 Å². The lowest BCUT2D eigenvalue weighted by Gasteiger charge is -2.24. The molecule has 5 aliphatic rings. The van der Waals surface area contributed by atoms with Crippen LogP contribution >= 0.6 is 0 Å². The maximum absolute atomic E-state index is 12.2. The predicted octanol–water partition coefficient (Wildman–Crippen LogP) is 3.20. The molecule has 4 saturated heterocycles. The van der Waals surface area contributed by atoms with Gasteiger partial charge in [-0.05, 0) is 73.6 Å². The van der Waals surface area contributed by atoms with Crippen molar-refractivity contribution in [2.75, 3.05) is 0 Å². The second-order valence-electron chi connectivity index (χ2n) is 12.7. The van der Waals surface area contributed by atoms with Gasteiger partial charge in [-0.15, -0.1) is 0 Å². The summed E-state index contributed by atoms with van der Waals surface area (Å²) in [6.45, 7) is 14.6. The number of esters is 4. The fourth-order valence-electron chi connectivity index (χ4n) is 5.14. The summed E-state index contributed by atoms with van der Waals surface area (Å²) in [6.07, 6.45) is 0.0178. The average molecular weight is 555 g/mol. The molecule has 0 aromatic rings. The van der Waals surface area contributed by atoms with Gasteiger partial charge in [0.2, 0.25) is 12.2 Å². The summed E-state index contributed by atoms with van der Waals surface area (Å²) < 4.78 is 38.3. The van der Waals surface area contributed by atoms with E-state index in [1.165, 1.54) is 0 Å². The van der Waals surface area contributed by atoms with Gasteiger partial charge in [0, 0.05) is 5.92 Å². The highest BCUT2D eigenvalue weighted by atomic mass is 16.9. The number of carbonyl (C=O) groups is 4. The van der Waals surface area contributed by atoms with E-state index in [-0.39, 0.29) is 24.0 Å². The Morgan fingerprint density at radius 2 is 1.38 bits per heavy atom. The minimum atomic E-state index is -1.07. The molecular weight excluding hydrogens is 512 g/mol. The Bertz CT molecular complexity index is 986. The Kier molecular flexibility index (Phi) is 8.10. The Morgan fingerprint density at radius 1 is 0.821 bits per heavy atom. The molecule has 1 saturated carbocycles. The molecule has 11 nitrogen and oxygen atoms in total. The zero-order valence-electron chi connectivity index (χ0n) is 24.1. The zero-order valence-corrected chi connectivity index (χ0v) is 24.1. The molecule has 5 rings (SSSR count). The highest BCUT2D eigenvalue weighted by Gasteiger charge is 2.64. The van der Waals surface area contributed by atoms with Crippen LogP contribution in [-0.2, 0) is 52.3 Å². The molecule has 0 amide bonds. The lowest BCUT2D eigenvalue weighted by Crippen LogP contribution is -2.40. The van der Waals surface area contributed by atoms with E-state index in [0.29, 0.717) is 12.8 Å². The number of hydrogen-bond acceptors (Lipinski definition) is 11. The first-order valence-electron chi connectivity index (χ1n) is 13.9. The zero-order chi connectivity index (χ0) is 28.9. The maximum atomic E-state index is 12.2. The van der Waals surface area contributed by atoms with E-state index in [9.17, 15) is 19.2 Å². The molecule has 0 N–H and O–H groups in total. The van der Waals surface area contributed by atoms with Crippen LogP contribution in [-0.4, -0.2) is 72.6 Å². The molecule has 8 unspecified atom stereocenters. The van der Waals surface area contributed by atoms with E-state index >= 15 is 0 Å². The summed E-state index contributed by atoms with van der Waals surface area (Å²) in [6, 6.07) is 0. The van der Waals surface area contributed by atoms with Crippen molar-refractivity contribution in [2.45, 2.75) is 136 Å². The van der Waals surface area contributed by atoms with Crippen LogP contribution in [0.3, 0.4) is 0 Å². The normalized spacial score (nSPS) is 36.2.